The summed E-state index contributed by atoms with van der Waals surface area (Å²) in [5.74, 6) is 1.03. The second-order valence-corrected chi connectivity index (χ2v) is 8.15. The number of nitrogens with zero attached hydrogens (tertiary/aromatic N) is 2. The van der Waals surface area contributed by atoms with Gasteiger partial charge in [-0.2, -0.15) is 0 Å². The summed E-state index contributed by atoms with van der Waals surface area (Å²) >= 11 is 1.89. The molecule has 3 rings (SSSR count). The molecule has 134 valence electrons. The van der Waals surface area contributed by atoms with E-state index in [1.165, 1.54) is 37.0 Å². The first-order chi connectivity index (χ1) is 11.7. The third-order valence-corrected chi connectivity index (χ3v) is 6.60. The van der Waals surface area contributed by atoms with E-state index < -0.39 is 0 Å². The molecule has 1 aliphatic heterocycles. The van der Waals surface area contributed by atoms with Crippen LogP contribution in [0.5, 0.6) is 0 Å². The van der Waals surface area contributed by atoms with Crippen LogP contribution in [0.25, 0.3) is 0 Å². The van der Waals surface area contributed by atoms with Gasteiger partial charge in [0.25, 0.3) is 0 Å². The fraction of sp³-hybridized carbons (Fsp3) is 0.737. The molecule has 5 heteroatoms. The highest BCUT2D eigenvalue weighted by molar-refractivity contribution is 7.10. The summed E-state index contributed by atoms with van der Waals surface area (Å²) in [6, 6.07) is 4.48. The number of nitrogens with one attached hydrogen (secondary N) is 1. The molecule has 2 heterocycles. The zero-order valence-electron chi connectivity index (χ0n) is 14.8. The zero-order chi connectivity index (χ0) is 16.8. The Morgan fingerprint density at radius 1 is 1.33 bits per heavy atom. The molecule has 0 atom stereocenters. The molecule has 2 aliphatic rings. The standard InChI is InChI=1S/C19H31N3OS/c1-2-20-18(22-12-8-16(23)9-13-22)21-15-19(10-4-3-5-11-19)17-7-6-14-24-17/h6-7,14,16,23H,2-5,8-13,15H2,1H3,(H,20,21). The minimum Gasteiger partial charge on any atom is -0.393 e. The van der Waals surface area contributed by atoms with Crippen molar-refractivity contribution in [2.45, 2.75) is 63.4 Å². The van der Waals surface area contributed by atoms with Gasteiger partial charge in [-0.25, -0.2) is 0 Å². The van der Waals surface area contributed by atoms with Gasteiger partial charge in [0, 0.05) is 29.9 Å². The van der Waals surface area contributed by atoms with E-state index in [4.69, 9.17) is 4.99 Å². The van der Waals surface area contributed by atoms with Gasteiger partial charge in [0.2, 0.25) is 0 Å². The first-order valence-electron chi connectivity index (χ1n) is 9.49. The predicted molar refractivity (Wildman–Crippen MR) is 102 cm³/mol. The summed E-state index contributed by atoms with van der Waals surface area (Å²) < 4.78 is 0. The number of likely N-dealkylation sites (tertiary alicyclic amines) is 1. The van der Waals surface area contributed by atoms with Gasteiger partial charge < -0.3 is 15.3 Å². The topological polar surface area (TPSA) is 47.9 Å². The van der Waals surface area contributed by atoms with Crippen LogP contribution in [0.4, 0.5) is 0 Å². The molecule has 4 nitrogen and oxygen atoms in total. The average Bonchev–Trinajstić information content (AvgIpc) is 3.16. The highest BCUT2D eigenvalue weighted by Crippen LogP contribution is 2.41. The van der Waals surface area contributed by atoms with Gasteiger partial charge in [0.05, 0.1) is 12.6 Å². The van der Waals surface area contributed by atoms with E-state index >= 15 is 0 Å². The van der Waals surface area contributed by atoms with Gasteiger partial charge in [-0.05, 0) is 44.1 Å². The van der Waals surface area contributed by atoms with Crippen molar-refractivity contribution in [3.8, 4) is 0 Å². The lowest BCUT2D eigenvalue weighted by Crippen LogP contribution is -2.47. The molecule has 0 radical (unpaired) electrons. The van der Waals surface area contributed by atoms with Crippen molar-refractivity contribution >= 4 is 17.3 Å². The van der Waals surface area contributed by atoms with Crippen molar-refractivity contribution in [2.75, 3.05) is 26.2 Å². The van der Waals surface area contributed by atoms with Crippen LogP contribution in [-0.2, 0) is 5.41 Å². The second-order valence-electron chi connectivity index (χ2n) is 7.21. The van der Waals surface area contributed by atoms with E-state index in [0.29, 0.717) is 0 Å². The Labute approximate surface area is 150 Å². The SMILES string of the molecule is CCNC(=NCC1(c2cccs2)CCCCC1)N1CCC(O)CC1. The van der Waals surface area contributed by atoms with Gasteiger partial charge in [-0.15, -0.1) is 11.3 Å². The van der Waals surface area contributed by atoms with Crippen molar-refractivity contribution in [1.82, 2.24) is 10.2 Å². The number of aliphatic hydroxyl groups excluding tert-OH is 1. The maximum absolute atomic E-state index is 9.75. The van der Waals surface area contributed by atoms with Gasteiger partial charge in [0.15, 0.2) is 5.96 Å². The molecule has 1 saturated heterocycles. The van der Waals surface area contributed by atoms with Crippen molar-refractivity contribution < 1.29 is 5.11 Å². The summed E-state index contributed by atoms with van der Waals surface area (Å²) in [7, 11) is 0. The maximum Gasteiger partial charge on any atom is 0.193 e. The molecule has 2 N–H and O–H groups in total. The fourth-order valence-electron chi connectivity index (χ4n) is 4.02. The lowest BCUT2D eigenvalue weighted by molar-refractivity contribution is 0.108. The molecule has 1 saturated carbocycles. The van der Waals surface area contributed by atoms with Crippen molar-refractivity contribution in [3.63, 3.8) is 0 Å². The van der Waals surface area contributed by atoms with Crippen molar-refractivity contribution in [3.05, 3.63) is 22.4 Å². The van der Waals surface area contributed by atoms with Crippen LogP contribution in [0.15, 0.2) is 22.5 Å². The summed E-state index contributed by atoms with van der Waals surface area (Å²) in [5, 5.41) is 15.4. The molecule has 1 aliphatic carbocycles. The molecule has 0 aromatic carbocycles. The smallest absolute Gasteiger partial charge is 0.193 e. The van der Waals surface area contributed by atoms with Crippen LogP contribution in [0.3, 0.4) is 0 Å². The van der Waals surface area contributed by atoms with Crippen molar-refractivity contribution in [2.24, 2.45) is 4.99 Å². The summed E-state index contributed by atoms with van der Waals surface area (Å²) in [4.78, 5) is 8.90. The molecule has 2 fully saturated rings. The van der Waals surface area contributed by atoms with Crippen LogP contribution >= 0.6 is 11.3 Å². The van der Waals surface area contributed by atoms with Gasteiger partial charge >= 0.3 is 0 Å². The van der Waals surface area contributed by atoms with Gasteiger partial charge in [0.1, 0.15) is 0 Å². The Hall–Kier alpha value is -1.07. The Morgan fingerprint density at radius 3 is 2.71 bits per heavy atom. The molecular formula is C19H31N3OS. The second kappa shape index (κ2) is 8.34. The van der Waals surface area contributed by atoms with Crippen LogP contribution in [-0.4, -0.2) is 48.2 Å². The first-order valence-corrected chi connectivity index (χ1v) is 10.4. The minimum atomic E-state index is -0.139. The number of thiophene rings is 1. The molecule has 0 bridgehead atoms. The predicted octanol–water partition coefficient (Wildman–Crippen LogP) is 3.37. The minimum absolute atomic E-state index is 0.139. The van der Waals surface area contributed by atoms with Crippen LogP contribution in [0.1, 0.15) is 56.7 Å². The average molecular weight is 350 g/mol. The number of hydrogen-bond donors (Lipinski definition) is 2. The Balaban J connectivity index is 1.75. The highest BCUT2D eigenvalue weighted by Gasteiger charge is 2.35. The monoisotopic (exact) mass is 349 g/mol. The van der Waals surface area contributed by atoms with E-state index in [2.05, 4.69) is 34.7 Å². The van der Waals surface area contributed by atoms with E-state index in [1.807, 2.05) is 11.3 Å². The number of piperidine rings is 1. The number of guanidine groups is 1. The molecular weight excluding hydrogens is 318 g/mol. The largest absolute Gasteiger partial charge is 0.393 e. The van der Waals surface area contributed by atoms with E-state index in [0.717, 1.165) is 45.0 Å². The summed E-state index contributed by atoms with van der Waals surface area (Å²) in [6.07, 6.45) is 8.08. The lowest BCUT2D eigenvalue weighted by Gasteiger charge is -2.37. The number of aliphatic imine (C=N–C) groups is 1. The van der Waals surface area contributed by atoms with Crippen LogP contribution in [0.2, 0.25) is 0 Å². The Bertz CT molecular complexity index is 515. The van der Waals surface area contributed by atoms with Gasteiger partial charge in [-0.3, -0.25) is 4.99 Å². The Kier molecular flexibility index (Phi) is 6.17. The normalized spacial score (nSPS) is 22.6. The maximum atomic E-state index is 9.75. The van der Waals surface area contributed by atoms with Crippen LogP contribution in [0, 0.1) is 0 Å². The summed E-state index contributed by atoms with van der Waals surface area (Å²) in [5.41, 5.74) is 0.238. The molecule has 0 amide bonds. The van der Waals surface area contributed by atoms with Crippen LogP contribution < -0.4 is 5.32 Å². The van der Waals surface area contributed by atoms with E-state index in [1.54, 1.807) is 0 Å². The fourth-order valence-corrected chi connectivity index (χ4v) is 5.00. The molecule has 1 aromatic rings. The lowest BCUT2D eigenvalue weighted by atomic mass is 9.73. The van der Waals surface area contributed by atoms with Gasteiger partial charge in [-0.1, -0.05) is 25.3 Å². The molecule has 0 spiro atoms. The molecule has 24 heavy (non-hydrogen) atoms. The Morgan fingerprint density at radius 2 is 2.08 bits per heavy atom. The number of aliphatic hydroxyl groups is 1. The highest BCUT2D eigenvalue weighted by atomic mass is 32.1. The van der Waals surface area contributed by atoms with Crippen molar-refractivity contribution in [1.29, 1.82) is 0 Å². The summed E-state index contributed by atoms with van der Waals surface area (Å²) in [6.45, 7) is 5.71. The zero-order valence-corrected chi connectivity index (χ0v) is 15.7. The number of hydrogen-bond acceptors (Lipinski definition) is 3. The number of rotatable bonds is 4. The quantitative estimate of drug-likeness (QED) is 0.647. The van der Waals surface area contributed by atoms with E-state index in [9.17, 15) is 5.11 Å². The van der Waals surface area contributed by atoms with E-state index in [-0.39, 0.29) is 11.5 Å². The third-order valence-electron chi connectivity index (χ3n) is 5.48. The third kappa shape index (κ3) is 4.12. The molecule has 0 unspecified atom stereocenters. The first kappa shape index (κ1) is 17.7. The molecule has 1 aromatic heterocycles.